The zero-order valence-electron chi connectivity index (χ0n) is 16.0. The molecule has 25 heavy (non-hydrogen) atoms. The Hall–Kier alpha value is -1.79. The molecular weight excluding hydrogens is 316 g/mol. The van der Waals surface area contributed by atoms with Gasteiger partial charge in [0.15, 0.2) is 5.96 Å². The van der Waals surface area contributed by atoms with Crippen molar-refractivity contribution in [2.45, 2.75) is 25.8 Å². The molecule has 2 N–H and O–H groups in total. The molecule has 0 amide bonds. The van der Waals surface area contributed by atoms with Crippen LogP contribution >= 0.6 is 0 Å². The van der Waals surface area contributed by atoms with Gasteiger partial charge < -0.3 is 20.1 Å². The van der Waals surface area contributed by atoms with Crippen LogP contribution in [0.5, 0.6) is 5.75 Å². The van der Waals surface area contributed by atoms with Crippen molar-refractivity contribution in [3.8, 4) is 5.75 Å². The van der Waals surface area contributed by atoms with Crippen LogP contribution in [0.4, 0.5) is 0 Å². The fourth-order valence-corrected chi connectivity index (χ4v) is 2.95. The van der Waals surface area contributed by atoms with Crippen molar-refractivity contribution in [1.82, 2.24) is 15.5 Å². The maximum Gasteiger partial charge on any atom is 0.191 e. The van der Waals surface area contributed by atoms with Crippen molar-refractivity contribution in [2.24, 2.45) is 4.99 Å². The summed E-state index contributed by atoms with van der Waals surface area (Å²) in [6.45, 7) is 9.78. The fraction of sp³-hybridized carbons (Fsp3) is 0.632. The Labute approximate surface area is 151 Å². The Morgan fingerprint density at radius 1 is 1.28 bits per heavy atom. The molecule has 6 heteroatoms. The lowest BCUT2D eigenvalue weighted by Gasteiger charge is -2.41. The molecule has 6 nitrogen and oxygen atoms in total. The predicted octanol–water partition coefficient (Wildman–Crippen LogP) is 1.51. The van der Waals surface area contributed by atoms with E-state index in [0.717, 1.165) is 57.5 Å². The zero-order chi connectivity index (χ0) is 18.1. The van der Waals surface area contributed by atoms with Gasteiger partial charge >= 0.3 is 0 Å². The molecule has 1 aromatic rings. The van der Waals surface area contributed by atoms with Crippen molar-refractivity contribution in [3.05, 3.63) is 29.8 Å². The molecule has 0 unspecified atom stereocenters. The predicted molar refractivity (Wildman–Crippen MR) is 103 cm³/mol. The Balaban J connectivity index is 1.76. The second kappa shape index (κ2) is 9.63. The lowest BCUT2D eigenvalue weighted by molar-refractivity contribution is -0.00833. The number of benzene rings is 1. The molecule has 0 atom stereocenters. The molecule has 140 valence electrons. The maximum atomic E-state index is 5.45. The number of nitrogens with zero attached hydrogens (tertiary/aromatic N) is 2. The van der Waals surface area contributed by atoms with Crippen LogP contribution in [0.1, 0.15) is 19.4 Å². The van der Waals surface area contributed by atoms with Gasteiger partial charge in [0.2, 0.25) is 0 Å². The standard InChI is InChI=1S/C19H32N4O2/c1-19(2,23-10-12-25-13-11-23)15-22-18(20-3)21-9-8-16-6-5-7-17(14-16)24-4/h5-7,14H,8-13,15H2,1-4H3,(H2,20,21,22). The lowest BCUT2D eigenvalue weighted by atomic mass is 10.0. The van der Waals surface area contributed by atoms with Crippen molar-refractivity contribution >= 4 is 5.96 Å². The van der Waals surface area contributed by atoms with E-state index in [1.807, 2.05) is 19.2 Å². The van der Waals surface area contributed by atoms with Gasteiger partial charge in [-0.1, -0.05) is 12.1 Å². The summed E-state index contributed by atoms with van der Waals surface area (Å²) >= 11 is 0. The summed E-state index contributed by atoms with van der Waals surface area (Å²) in [6, 6.07) is 8.17. The number of hydrogen-bond donors (Lipinski definition) is 2. The van der Waals surface area contributed by atoms with Gasteiger partial charge in [-0.25, -0.2) is 0 Å². The van der Waals surface area contributed by atoms with Crippen molar-refractivity contribution in [1.29, 1.82) is 0 Å². The summed E-state index contributed by atoms with van der Waals surface area (Å²) in [5.74, 6) is 1.73. The molecule has 0 spiro atoms. The number of hydrogen-bond acceptors (Lipinski definition) is 4. The minimum Gasteiger partial charge on any atom is -0.497 e. The van der Waals surface area contributed by atoms with E-state index in [9.17, 15) is 0 Å². The Kier molecular flexibility index (Phi) is 7.52. The Bertz CT molecular complexity index is 554. The number of guanidine groups is 1. The van der Waals surface area contributed by atoms with E-state index in [2.05, 4.69) is 46.5 Å². The fourth-order valence-electron chi connectivity index (χ4n) is 2.95. The van der Waals surface area contributed by atoms with Crippen LogP contribution in [0, 0.1) is 0 Å². The minimum absolute atomic E-state index is 0.0637. The van der Waals surface area contributed by atoms with E-state index < -0.39 is 0 Å². The van der Waals surface area contributed by atoms with Crippen molar-refractivity contribution in [3.63, 3.8) is 0 Å². The van der Waals surface area contributed by atoms with Gasteiger partial charge in [-0.2, -0.15) is 0 Å². The first-order valence-corrected chi connectivity index (χ1v) is 8.95. The number of methoxy groups -OCH3 is 1. The molecule has 0 bridgehead atoms. The smallest absolute Gasteiger partial charge is 0.191 e. The van der Waals surface area contributed by atoms with Crippen molar-refractivity contribution < 1.29 is 9.47 Å². The summed E-state index contributed by atoms with van der Waals surface area (Å²) in [5, 5.41) is 6.83. The van der Waals surface area contributed by atoms with Gasteiger partial charge in [0.25, 0.3) is 0 Å². The SMILES string of the molecule is CN=C(NCCc1cccc(OC)c1)NCC(C)(C)N1CCOCC1. The monoisotopic (exact) mass is 348 g/mol. The van der Waals surface area contributed by atoms with Gasteiger partial charge in [0.05, 0.1) is 20.3 Å². The van der Waals surface area contributed by atoms with Gasteiger partial charge in [-0.3, -0.25) is 9.89 Å². The lowest BCUT2D eigenvalue weighted by Crippen LogP contribution is -2.56. The Morgan fingerprint density at radius 3 is 2.72 bits per heavy atom. The number of ether oxygens (including phenoxy) is 2. The van der Waals surface area contributed by atoms with Gasteiger partial charge in [-0.05, 0) is 38.0 Å². The summed E-state index contributed by atoms with van der Waals surface area (Å²) in [4.78, 5) is 6.79. The highest BCUT2D eigenvalue weighted by Crippen LogP contribution is 2.15. The summed E-state index contributed by atoms with van der Waals surface area (Å²) in [7, 11) is 3.50. The number of morpholine rings is 1. The van der Waals surface area contributed by atoms with Gasteiger partial charge in [0.1, 0.15) is 5.75 Å². The third-order valence-corrected chi connectivity index (χ3v) is 4.62. The number of aliphatic imine (C=N–C) groups is 1. The average molecular weight is 348 g/mol. The highest BCUT2D eigenvalue weighted by molar-refractivity contribution is 5.79. The summed E-state index contributed by atoms with van der Waals surface area (Å²) in [6.07, 6.45) is 0.921. The van der Waals surface area contributed by atoms with Gasteiger partial charge in [0, 0.05) is 38.8 Å². The van der Waals surface area contributed by atoms with E-state index in [4.69, 9.17) is 9.47 Å². The summed E-state index contributed by atoms with van der Waals surface area (Å²) in [5.41, 5.74) is 1.31. The molecule has 2 rings (SSSR count). The second-order valence-corrected chi connectivity index (χ2v) is 6.87. The second-order valence-electron chi connectivity index (χ2n) is 6.87. The van der Waals surface area contributed by atoms with Gasteiger partial charge in [-0.15, -0.1) is 0 Å². The van der Waals surface area contributed by atoms with E-state index >= 15 is 0 Å². The quantitative estimate of drug-likeness (QED) is 0.578. The zero-order valence-corrected chi connectivity index (χ0v) is 16.0. The Morgan fingerprint density at radius 2 is 2.04 bits per heavy atom. The first kappa shape index (κ1) is 19.5. The van der Waals surface area contributed by atoms with Crippen LogP contribution in [0.3, 0.4) is 0 Å². The highest BCUT2D eigenvalue weighted by Gasteiger charge is 2.28. The maximum absolute atomic E-state index is 5.45. The van der Waals surface area contributed by atoms with Crippen LogP contribution in [0.2, 0.25) is 0 Å². The van der Waals surface area contributed by atoms with Crippen LogP contribution in [0.15, 0.2) is 29.3 Å². The number of rotatable bonds is 7. The molecule has 1 aliphatic rings. The third-order valence-electron chi connectivity index (χ3n) is 4.62. The van der Waals surface area contributed by atoms with Crippen LogP contribution in [-0.2, 0) is 11.2 Å². The molecule has 0 aromatic heterocycles. The molecule has 1 aromatic carbocycles. The van der Waals surface area contributed by atoms with Crippen LogP contribution < -0.4 is 15.4 Å². The highest BCUT2D eigenvalue weighted by atomic mass is 16.5. The number of nitrogens with one attached hydrogen (secondary N) is 2. The van der Waals surface area contributed by atoms with E-state index in [1.54, 1.807) is 7.11 Å². The van der Waals surface area contributed by atoms with Crippen LogP contribution in [0.25, 0.3) is 0 Å². The molecule has 1 aliphatic heterocycles. The molecule has 0 aliphatic carbocycles. The largest absolute Gasteiger partial charge is 0.497 e. The van der Waals surface area contributed by atoms with E-state index in [0.29, 0.717) is 0 Å². The van der Waals surface area contributed by atoms with Crippen molar-refractivity contribution in [2.75, 3.05) is 53.6 Å². The molecule has 1 saturated heterocycles. The molecular formula is C19H32N4O2. The van der Waals surface area contributed by atoms with E-state index in [1.165, 1.54) is 5.56 Å². The minimum atomic E-state index is 0.0637. The molecule has 0 saturated carbocycles. The molecule has 0 radical (unpaired) electrons. The molecule has 1 heterocycles. The normalized spacial score (nSPS) is 16.6. The first-order valence-electron chi connectivity index (χ1n) is 8.95. The van der Waals surface area contributed by atoms with Crippen LogP contribution in [-0.4, -0.2) is 69.9 Å². The first-order chi connectivity index (χ1) is 12.0. The average Bonchev–Trinajstić information content (AvgIpc) is 2.65. The topological polar surface area (TPSA) is 58.1 Å². The molecule has 1 fully saturated rings. The third kappa shape index (κ3) is 6.21. The summed E-state index contributed by atoms with van der Waals surface area (Å²) < 4.78 is 10.7. The van der Waals surface area contributed by atoms with E-state index in [-0.39, 0.29) is 5.54 Å².